The van der Waals surface area contributed by atoms with Crippen LogP contribution in [0.1, 0.15) is 5.01 Å². The minimum absolute atomic E-state index is 0.104. The van der Waals surface area contributed by atoms with Crippen molar-refractivity contribution in [2.75, 3.05) is 5.73 Å². The highest BCUT2D eigenvalue weighted by atomic mass is 32.1. The molecule has 1 aromatic carbocycles. The van der Waals surface area contributed by atoms with Gasteiger partial charge in [0.05, 0.1) is 20.9 Å². The maximum Gasteiger partial charge on any atom is 0.140 e. The Hall–Kier alpha value is -1.29. The Bertz CT molecular complexity index is 397. The number of hydrogen-bond acceptors (Lipinski definition) is 4. The number of nitrogen functional groups attached to an aromatic ring is 1. The van der Waals surface area contributed by atoms with Crippen LogP contribution in [0.15, 0.2) is 12.1 Å². The van der Waals surface area contributed by atoms with E-state index in [9.17, 15) is 5.11 Å². The summed E-state index contributed by atoms with van der Waals surface area (Å²) in [5, 5.41) is 10.2. The van der Waals surface area contributed by atoms with Crippen LogP contribution in [0.4, 0.5) is 5.69 Å². The summed E-state index contributed by atoms with van der Waals surface area (Å²) in [6, 6.07) is 3.34. The third kappa shape index (κ3) is 1.00. The zero-order valence-corrected chi connectivity index (χ0v) is 7.35. The predicted molar refractivity (Wildman–Crippen MR) is 50.4 cm³/mol. The van der Waals surface area contributed by atoms with Crippen LogP contribution in [0, 0.1) is 6.92 Å². The van der Waals surface area contributed by atoms with Gasteiger partial charge in [-0.2, -0.15) is 0 Å². The number of aromatic nitrogens is 1. The van der Waals surface area contributed by atoms with Gasteiger partial charge in [-0.25, -0.2) is 4.98 Å². The average Bonchev–Trinajstić information content (AvgIpc) is 2.30. The van der Waals surface area contributed by atoms with E-state index >= 15 is 0 Å². The number of phenolic OH excluding ortho intramolecular Hbond substituents is 1. The number of phenols is 1. The van der Waals surface area contributed by atoms with Crippen molar-refractivity contribution in [2.24, 2.45) is 0 Å². The number of aryl methyl sites for hydroxylation is 1. The second-order valence-electron chi connectivity index (χ2n) is 2.61. The normalized spacial score (nSPS) is 10.8. The summed E-state index contributed by atoms with van der Waals surface area (Å²) in [5.41, 5.74) is 6.74. The van der Waals surface area contributed by atoms with Gasteiger partial charge >= 0.3 is 0 Å². The number of nitrogens with zero attached hydrogens (tertiary/aromatic N) is 1. The van der Waals surface area contributed by atoms with Crippen LogP contribution in [-0.2, 0) is 0 Å². The van der Waals surface area contributed by atoms with E-state index in [-0.39, 0.29) is 5.75 Å². The van der Waals surface area contributed by atoms with Crippen molar-refractivity contribution in [2.45, 2.75) is 6.92 Å². The summed E-state index contributed by atoms with van der Waals surface area (Å²) in [4.78, 5) is 4.22. The van der Waals surface area contributed by atoms with Crippen LogP contribution in [0.5, 0.6) is 5.75 Å². The number of rotatable bonds is 0. The van der Waals surface area contributed by atoms with E-state index in [0.717, 1.165) is 15.2 Å². The van der Waals surface area contributed by atoms with E-state index in [4.69, 9.17) is 5.73 Å². The summed E-state index contributed by atoms with van der Waals surface area (Å²) in [6.07, 6.45) is 0. The van der Waals surface area contributed by atoms with Gasteiger partial charge in [-0.15, -0.1) is 11.3 Å². The smallest absolute Gasteiger partial charge is 0.140 e. The fourth-order valence-electron chi connectivity index (χ4n) is 1.09. The molecular weight excluding hydrogens is 172 g/mol. The highest BCUT2D eigenvalue weighted by molar-refractivity contribution is 7.18. The number of fused-ring (bicyclic) bond motifs is 1. The molecule has 12 heavy (non-hydrogen) atoms. The zero-order valence-electron chi connectivity index (χ0n) is 6.53. The minimum atomic E-state index is 0.104. The molecule has 0 fully saturated rings. The van der Waals surface area contributed by atoms with Gasteiger partial charge in [0.1, 0.15) is 5.75 Å². The molecule has 0 unspecified atom stereocenters. The first-order valence-electron chi connectivity index (χ1n) is 3.52. The number of hydrogen-bond donors (Lipinski definition) is 2. The van der Waals surface area contributed by atoms with Gasteiger partial charge in [-0.3, -0.25) is 0 Å². The lowest BCUT2D eigenvalue weighted by Crippen LogP contribution is -1.83. The fourth-order valence-corrected chi connectivity index (χ4v) is 1.95. The molecule has 0 saturated heterocycles. The Morgan fingerprint density at radius 1 is 1.50 bits per heavy atom. The van der Waals surface area contributed by atoms with Crippen molar-refractivity contribution in [1.82, 2.24) is 4.98 Å². The number of anilines is 1. The predicted octanol–water partition coefficient (Wildman–Crippen LogP) is 1.89. The van der Waals surface area contributed by atoms with E-state index in [0.29, 0.717) is 5.69 Å². The van der Waals surface area contributed by atoms with Gasteiger partial charge in [0.25, 0.3) is 0 Å². The first kappa shape index (κ1) is 7.36. The number of nitrogens with two attached hydrogens (primary N) is 1. The Balaban J connectivity index is 2.83. The van der Waals surface area contributed by atoms with Gasteiger partial charge in [-0.1, -0.05) is 0 Å². The molecule has 0 aliphatic rings. The second kappa shape index (κ2) is 2.35. The van der Waals surface area contributed by atoms with Crippen molar-refractivity contribution < 1.29 is 5.11 Å². The SMILES string of the molecule is Cc1nc2cc(O)c(N)cc2s1. The summed E-state index contributed by atoms with van der Waals surface area (Å²) < 4.78 is 1.02. The van der Waals surface area contributed by atoms with Gasteiger partial charge in [-0.05, 0) is 13.0 Å². The standard InChI is InChI=1S/C8H8N2OS/c1-4-10-6-3-7(11)5(9)2-8(6)12-4/h2-3,11H,9H2,1H3. The number of thiazole rings is 1. The van der Waals surface area contributed by atoms with E-state index < -0.39 is 0 Å². The highest BCUT2D eigenvalue weighted by Crippen LogP contribution is 2.29. The summed E-state index contributed by atoms with van der Waals surface area (Å²) in [7, 11) is 0. The van der Waals surface area contributed by atoms with Crippen molar-refractivity contribution in [3.05, 3.63) is 17.1 Å². The molecule has 0 spiro atoms. The molecule has 0 radical (unpaired) electrons. The molecule has 0 amide bonds. The molecule has 3 nitrogen and oxygen atoms in total. The second-order valence-corrected chi connectivity index (χ2v) is 3.85. The third-order valence-corrected chi connectivity index (χ3v) is 2.58. The van der Waals surface area contributed by atoms with Gasteiger partial charge in [0, 0.05) is 6.07 Å². The third-order valence-electron chi connectivity index (χ3n) is 1.64. The van der Waals surface area contributed by atoms with Crippen LogP contribution in [0.2, 0.25) is 0 Å². The highest BCUT2D eigenvalue weighted by Gasteiger charge is 2.03. The van der Waals surface area contributed by atoms with Crippen molar-refractivity contribution >= 4 is 27.2 Å². The molecule has 3 N–H and O–H groups in total. The van der Waals surface area contributed by atoms with E-state index in [2.05, 4.69) is 4.98 Å². The Labute approximate surface area is 73.5 Å². The molecule has 1 aromatic heterocycles. The largest absolute Gasteiger partial charge is 0.506 e. The van der Waals surface area contributed by atoms with E-state index in [1.54, 1.807) is 23.5 Å². The van der Waals surface area contributed by atoms with E-state index in [1.165, 1.54) is 0 Å². The molecule has 4 heteroatoms. The maximum absolute atomic E-state index is 9.27. The molecule has 2 rings (SSSR count). The fraction of sp³-hybridized carbons (Fsp3) is 0.125. The van der Waals surface area contributed by atoms with Gasteiger partial charge in [0.2, 0.25) is 0 Å². The lowest BCUT2D eigenvalue weighted by atomic mass is 10.3. The van der Waals surface area contributed by atoms with Crippen LogP contribution < -0.4 is 5.73 Å². The molecule has 0 atom stereocenters. The summed E-state index contributed by atoms with van der Waals surface area (Å²) in [5.74, 6) is 0.104. The first-order chi connectivity index (χ1) is 5.66. The Kier molecular flexibility index (Phi) is 1.44. The number of benzene rings is 1. The molecule has 0 aliphatic carbocycles. The average molecular weight is 180 g/mol. The van der Waals surface area contributed by atoms with Crippen LogP contribution in [0.25, 0.3) is 10.2 Å². The Morgan fingerprint density at radius 2 is 2.25 bits per heavy atom. The molecular formula is C8H8N2OS. The monoisotopic (exact) mass is 180 g/mol. The molecule has 62 valence electrons. The summed E-state index contributed by atoms with van der Waals surface area (Å²) in [6.45, 7) is 1.93. The molecule has 1 heterocycles. The Morgan fingerprint density at radius 3 is 3.00 bits per heavy atom. The van der Waals surface area contributed by atoms with Gasteiger partial charge in [0.15, 0.2) is 0 Å². The summed E-state index contributed by atoms with van der Waals surface area (Å²) >= 11 is 1.57. The van der Waals surface area contributed by atoms with E-state index in [1.807, 2.05) is 6.92 Å². The molecule has 0 bridgehead atoms. The minimum Gasteiger partial charge on any atom is -0.506 e. The molecule has 0 aliphatic heterocycles. The first-order valence-corrected chi connectivity index (χ1v) is 4.34. The maximum atomic E-state index is 9.27. The van der Waals surface area contributed by atoms with Crippen molar-refractivity contribution in [3.8, 4) is 5.75 Å². The topological polar surface area (TPSA) is 59.1 Å². The molecule has 2 aromatic rings. The quantitative estimate of drug-likeness (QED) is 0.481. The van der Waals surface area contributed by atoms with Crippen molar-refractivity contribution in [3.63, 3.8) is 0 Å². The number of aromatic hydroxyl groups is 1. The lowest BCUT2D eigenvalue weighted by molar-refractivity contribution is 0.478. The lowest BCUT2D eigenvalue weighted by Gasteiger charge is -1.95. The van der Waals surface area contributed by atoms with Crippen LogP contribution >= 0.6 is 11.3 Å². The van der Waals surface area contributed by atoms with Crippen LogP contribution in [0.3, 0.4) is 0 Å². The van der Waals surface area contributed by atoms with Crippen LogP contribution in [-0.4, -0.2) is 10.1 Å². The molecule has 0 saturated carbocycles. The van der Waals surface area contributed by atoms with Gasteiger partial charge < -0.3 is 10.8 Å². The zero-order chi connectivity index (χ0) is 8.72. The van der Waals surface area contributed by atoms with Crippen molar-refractivity contribution in [1.29, 1.82) is 0 Å².